The number of aryl methyl sites for hydroxylation is 3. The second kappa shape index (κ2) is 15.0. The van der Waals surface area contributed by atoms with E-state index in [1.165, 1.54) is 12.0 Å². The number of hydrogen-bond acceptors (Lipinski definition) is 9. The number of hydrogen-bond donors (Lipinski definition) is 1. The Bertz CT molecular complexity index is 2170. The van der Waals surface area contributed by atoms with Gasteiger partial charge in [0, 0.05) is 48.5 Å². The Hall–Kier alpha value is -5.67. The molecule has 1 aliphatic heterocycles. The summed E-state index contributed by atoms with van der Waals surface area (Å²) >= 11 is 0. The Morgan fingerprint density at radius 2 is 1.76 bits per heavy atom. The van der Waals surface area contributed by atoms with Gasteiger partial charge in [0.1, 0.15) is 34.4 Å². The number of nitrogens with one attached hydrogen (secondary N) is 1. The van der Waals surface area contributed by atoms with Gasteiger partial charge in [0.15, 0.2) is 5.82 Å². The number of rotatable bonds is 10. The molecule has 0 bridgehead atoms. The number of ether oxygens (including phenoxy) is 3. The van der Waals surface area contributed by atoms with E-state index < -0.39 is 23.8 Å². The standard InChI is InChI=1S/C38H43F3N8O5/c1-8-28-31(34(50)42-19-23-9-11-24(12-10-23)32-44-30-17-26(38(39,40)41)15-16-49(30)46-32)47-20-22(2)33(45-35(47)43-28)48(36(51)54-37(3,4)5)21-25-13-14-27(52-6)18-29(25)53-7/h9-14,18,20,26H,8,15-17,19,21H2,1-7H3,(H,42,50). The average molecular weight is 749 g/mol. The fourth-order valence-electron chi connectivity index (χ4n) is 6.30. The van der Waals surface area contributed by atoms with Gasteiger partial charge in [0.25, 0.3) is 5.91 Å². The Balaban J connectivity index is 1.22. The van der Waals surface area contributed by atoms with E-state index >= 15 is 0 Å². The van der Waals surface area contributed by atoms with Gasteiger partial charge in [-0.15, -0.1) is 0 Å². The van der Waals surface area contributed by atoms with Crippen LogP contribution in [0.3, 0.4) is 0 Å². The molecule has 13 nitrogen and oxygen atoms in total. The minimum absolute atomic E-state index is 0.0221. The van der Waals surface area contributed by atoms with Crippen molar-refractivity contribution in [3.8, 4) is 22.9 Å². The molecular formula is C38H43F3N8O5. The zero-order valence-corrected chi connectivity index (χ0v) is 31.2. The SMILES string of the molecule is CCc1nc2nc(N(Cc3ccc(OC)cc3OC)C(=O)OC(C)(C)C)c(C)cn2c1C(=O)NCc1ccc(-c2nc3n(n2)CCC(C(F)(F)F)C3)cc1. The monoisotopic (exact) mass is 748 g/mol. The van der Waals surface area contributed by atoms with Gasteiger partial charge in [-0.1, -0.05) is 31.2 Å². The van der Waals surface area contributed by atoms with E-state index in [-0.39, 0.29) is 44.2 Å². The van der Waals surface area contributed by atoms with Crippen molar-refractivity contribution in [1.82, 2.24) is 34.4 Å². The van der Waals surface area contributed by atoms with Crippen molar-refractivity contribution >= 4 is 23.6 Å². The minimum Gasteiger partial charge on any atom is -0.497 e. The van der Waals surface area contributed by atoms with Crippen molar-refractivity contribution in [2.75, 3.05) is 19.1 Å². The van der Waals surface area contributed by atoms with Gasteiger partial charge in [0.2, 0.25) is 5.78 Å². The van der Waals surface area contributed by atoms with Crippen LogP contribution in [0.5, 0.6) is 11.5 Å². The third kappa shape index (κ3) is 8.11. The lowest BCUT2D eigenvalue weighted by Gasteiger charge is -2.28. The maximum Gasteiger partial charge on any atom is 0.416 e. The zero-order chi connectivity index (χ0) is 38.9. The third-order valence-electron chi connectivity index (χ3n) is 9.08. The van der Waals surface area contributed by atoms with Crippen LogP contribution < -0.4 is 19.7 Å². The number of anilines is 1. The van der Waals surface area contributed by atoms with Crippen molar-refractivity contribution in [3.05, 3.63) is 82.6 Å². The first-order valence-electron chi connectivity index (χ1n) is 17.6. The summed E-state index contributed by atoms with van der Waals surface area (Å²) in [6.45, 7) is 9.44. The van der Waals surface area contributed by atoms with Crippen LogP contribution in [-0.2, 0) is 37.2 Å². The van der Waals surface area contributed by atoms with Crippen molar-refractivity contribution < 1.29 is 37.0 Å². The Morgan fingerprint density at radius 3 is 2.41 bits per heavy atom. The van der Waals surface area contributed by atoms with Gasteiger partial charge < -0.3 is 19.5 Å². The summed E-state index contributed by atoms with van der Waals surface area (Å²) < 4.78 is 59.7. The molecular weight excluding hydrogens is 705 g/mol. The first-order chi connectivity index (χ1) is 25.6. The number of carbonyl (C=O) groups excluding carboxylic acids is 2. The first-order valence-corrected chi connectivity index (χ1v) is 17.6. The number of nitrogens with zero attached hydrogens (tertiary/aromatic N) is 7. The highest BCUT2D eigenvalue weighted by atomic mass is 19.4. The van der Waals surface area contributed by atoms with Crippen LogP contribution in [0.1, 0.15) is 72.8 Å². The Kier molecular flexibility index (Phi) is 10.6. The van der Waals surface area contributed by atoms with Crippen LogP contribution >= 0.6 is 0 Å². The molecule has 0 radical (unpaired) electrons. The van der Waals surface area contributed by atoms with Crippen LogP contribution in [0.15, 0.2) is 48.7 Å². The molecule has 1 aliphatic rings. The molecule has 2 amide bonds. The van der Waals surface area contributed by atoms with Gasteiger partial charge in [-0.3, -0.25) is 14.1 Å². The lowest BCUT2D eigenvalue weighted by molar-refractivity contribution is -0.179. The molecule has 16 heteroatoms. The third-order valence-corrected chi connectivity index (χ3v) is 9.08. The largest absolute Gasteiger partial charge is 0.497 e. The summed E-state index contributed by atoms with van der Waals surface area (Å²) in [6, 6.07) is 12.5. The number of aromatic nitrogens is 6. The number of benzene rings is 2. The molecule has 5 aromatic rings. The molecule has 1 unspecified atom stereocenters. The lowest BCUT2D eigenvalue weighted by atomic mass is 9.98. The van der Waals surface area contributed by atoms with Crippen molar-refractivity contribution in [2.45, 2.75) is 85.3 Å². The normalized spacial score (nSPS) is 14.4. The number of fused-ring (bicyclic) bond motifs is 2. The van der Waals surface area contributed by atoms with E-state index in [2.05, 4.69) is 20.4 Å². The summed E-state index contributed by atoms with van der Waals surface area (Å²) in [4.78, 5) is 42.7. The fraction of sp³-hybridized carbons (Fsp3) is 0.421. The fourth-order valence-corrected chi connectivity index (χ4v) is 6.30. The first kappa shape index (κ1) is 38.1. The molecule has 0 saturated heterocycles. The van der Waals surface area contributed by atoms with Crippen molar-refractivity contribution in [3.63, 3.8) is 0 Å². The van der Waals surface area contributed by atoms with Crippen LogP contribution in [-0.4, -0.2) is 67.1 Å². The summed E-state index contributed by atoms with van der Waals surface area (Å²) in [6.07, 6.45) is -2.93. The maximum absolute atomic E-state index is 13.7. The van der Waals surface area contributed by atoms with E-state index in [1.807, 2.05) is 19.1 Å². The highest BCUT2D eigenvalue weighted by Crippen LogP contribution is 2.35. The topological polar surface area (TPSA) is 138 Å². The van der Waals surface area contributed by atoms with Gasteiger partial charge in [-0.05, 0) is 58.2 Å². The molecule has 0 saturated carbocycles. The predicted octanol–water partition coefficient (Wildman–Crippen LogP) is 6.87. The molecule has 54 heavy (non-hydrogen) atoms. The number of halogens is 3. The maximum atomic E-state index is 13.7. The number of carbonyl (C=O) groups is 2. The summed E-state index contributed by atoms with van der Waals surface area (Å²) in [7, 11) is 3.09. The van der Waals surface area contributed by atoms with E-state index in [0.717, 1.165) is 5.56 Å². The zero-order valence-electron chi connectivity index (χ0n) is 31.2. The van der Waals surface area contributed by atoms with Crippen LogP contribution in [0.2, 0.25) is 0 Å². The molecule has 6 rings (SSSR count). The summed E-state index contributed by atoms with van der Waals surface area (Å²) in [5.74, 6) is 0.546. The second-order valence-corrected chi connectivity index (χ2v) is 14.1. The Morgan fingerprint density at radius 1 is 1.02 bits per heavy atom. The van der Waals surface area contributed by atoms with Crippen molar-refractivity contribution in [2.24, 2.45) is 5.92 Å². The molecule has 0 aliphatic carbocycles. The van der Waals surface area contributed by atoms with Gasteiger partial charge in [-0.2, -0.15) is 23.3 Å². The molecule has 1 atom stereocenters. The number of imidazole rings is 1. The van der Waals surface area contributed by atoms with E-state index in [1.54, 1.807) is 80.4 Å². The summed E-state index contributed by atoms with van der Waals surface area (Å²) in [5.41, 5.74) is 2.79. The van der Waals surface area contributed by atoms with E-state index in [4.69, 9.17) is 19.2 Å². The number of alkyl halides is 3. The van der Waals surface area contributed by atoms with Crippen LogP contribution in [0, 0.1) is 12.8 Å². The molecule has 2 aromatic carbocycles. The van der Waals surface area contributed by atoms with Gasteiger partial charge in [0.05, 0.1) is 32.4 Å². The Labute approximate surface area is 310 Å². The minimum atomic E-state index is -4.26. The average Bonchev–Trinajstić information content (AvgIpc) is 3.72. The number of methoxy groups -OCH3 is 2. The molecule has 0 spiro atoms. The molecule has 0 fully saturated rings. The highest BCUT2D eigenvalue weighted by molar-refractivity contribution is 5.95. The lowest BCUT2D eigenvalue weighted by Crippen LogP contribution is -2.37. The van der Waals surface area contributed by atoms with Gasteiger partial charge >= 0.3 is 12.3 Å². The smallest absolute Gasteiger partial charge is 0.416 e. The predicted molar refractivity (Wildman–Crippen MR) is 194 cm³/mol. The highest BCUT2D eigenvalue weighted by Gasteiger charge is 2.42. The molecule has 286 valence electrons. The van der Waals surface area contributed by atoms with E-state index in [9.17, 15) is 22.8 Å². The quantitative estimate of drug-likeness (QED) is 0.162. The van der Waals surface area contributed by atoms with Gasteiger partial charge in [-0.25, -0.2) is 19.4 Å². The molecule has 3 aromatic heterocycles. The van der Waals surface area contributed by atoms with Crippen molar-refractivity contribution in [1.29, 1.82) is 0 Å². The van der Waals surface area contributed by atoms with Crippen LogP contribution in [0.4, 0.5) is 23.8 Å². The van der Waals surface area contributed by atoms with Crippen LogP contribution in [0.25, 0.3) is 17.2 Å². The second-order valence-electron chi connectivity index (χ2n) is 14.1. The van der Waals surface area contributed by atoms with E-state index in [0.29, 0.717) is 63.5 Å². The molecule has 1 N–H and O–H groups in total. The number of amides is 2. The summed E-state index contributed by atoms with van der Waals surface area (Å²) in [5, 5.41) is 7.38. The molecule has 4 heterocycles.